The van der Waals surface area contributed by atoms with Gasteiger partial charge in [0.05, 0.1) is 23.9 Å². The molecular formula is C27H23N3O2S. The smallest absolute Gasteiger partial charge is 0.268 e. The second-order valence-electron chi connectivity index (χ2n) is 8.54. The summed E-state index contributed by atoms with van der Waals surface area (Å²) in [6, 6.07) is 23.0. The Hall–Kier alpha value is -3.56. The van der Waals surface area contributed by atoms with Gasteiger partial charge in [0.25, 0.3) is 11.8 Å². The molecule has 0 aromatic heterocycles. The van der Waals surface area contributed by atoms with Crippen molar-refractivity contribution in [3.63, 3.8) is 0 Å². The van der Waals surface area contributed by atoms with Gasteiger partial charge in [-0.1, -0.05) is 47.5 Å². The number of rotatable bonds is 3. The maximum absolute atomic E-state index is 14.1. The van der Waals surface area contributed by atoms with Crippen LogP contribution in [0.5, 0.6) is 0 Å². The van der Waals surface area contributed by atoms with Crippen LogP contribution in [0.1, 0.15) is 38.2 Å². The summed E-state index contributed by atoms with van der Waals surface area (Å²) in [6.07, 6.45) is 0. The van der Waals surface area contributed by atoms with Crippen LogP contribution >= 0.6 is 11.8 Å². The van der Waals surface area contributed by atoms with Crippen molar-refractivity contribution in [3.05, 3.63) is 100 Å². The normalized spacial score (nSPS) is 19.1. The van der Waals surface area contributed by atoms with Gasteiger partial charge >= 0.3 is 0 Å². The highest BCUT2D eigenvalue weighted by molar-refractivity contribution is 8.01. The van der Waals surface area contributed by atoms with E-state index in [0.717, 1.165) is 27.9 Å². The molecule has 0 bridgehead atoms. The van der Waals surface area contributed by atoms with Crippen molar-refractivity contribution >= 4 is 29.3 Å². The number of nitrogens with zero attached hydrogens (tertiary/aromatic N) is 3. The van der Waals surface area contributed by atoms with Crippen molar-refractivity contribution in [3.8, 4) is 6.07 Å². The molecule has 5 rings (SSSR count). The summed E-state index contributed by atoms with van der Waals surface area (Å²) in [5.41, 5.74) is 5.85. The highest BCUT2D eigenvalue weighted by Crippen LogP contribution is 2.55. The Morgan fingerprint density at radius 2 is 1.82 bits per heavy atom. The fraction of sp³-hybridized carbons (Fsp3) is 0.222. The standard InChI is InChI=1S/C27H23N3O2S/c1-18-6-9-22(10-7-18)25(31)30-12-13-33-27(30)23-14-19(2)8-11-24(23)29(26(27)32)17-21-5-3-4-20(15-21)16-28/h3-11,14-15H,12-13,17H2,1-2H3. The predicted molar refractivity (Wildman–Crippen MR) is 130 cm³/mol. The SMILES string of the molecule is Cc1ccc(C(=O)N2CCSC23C(=O)N(Cc2cccc(C#N)c2)c2ccc(C)cc23)cc1. The molecule has 0 aliphatic carbocycles. The first-order chi connectivity index (χ1) is 15.9. The fourth-order valence-corrected chi connectivity index (χ4v) is 6.11. The second-order valence-corrected chi connectivity index (χ2v) is 9.83. The lowest BCUT2D eigenvalue weighted by molar-refractivity contribution is -0.123. The fourth-order valence-electron chi connectivity index (χ4n) is 4.66. The topological polar surface area (TPSA) is 64.4 Å². The van der Waals surface area contributed by atoms with Gasteiger partial charge in [0.2, 0.25) is 0 Å². The summed E-state index contributed by atoms with van der Waals surface area (Å²) in [4.78, 5) is 30.2. The number of hydrogen-bond acceptors (Lipinski definition) is 4. The molecule has 1 fully saturated rings. The average molecular weight is 454 g/mol. The number of benzene rings is 3. The van der Waals surface area contributed by atoms with E-state index in [4.69, 9.17) is 0 Å². The van der Waals surface area contributed by atoms with Crippen molar-refractivity contribution in [2.24, 2.45) is 0 Å². The van der Waals surface area contributed by atoms with Crippen LogP contribution in [0.2, 0.25) is 0 Å². The van der Waals surface area contributed by atoms with Crippen molar-refractivity contribution in [1.82, 2.24) is 4.90 Å². The molecule has 2 amide bonds. The maximum Gasteiger partial charge on any atom is 0.268 e. The first-order valence-electron chi connectivity index (χ1n) is 10.9. The van der Waals surface area contributed by atoms with E-state index in [-0.39, 0.29) is 11.8 Å². The van der Waals surface area contributed by atoms with Crippen molar-refractivity contribution < 1.29 is 9.59 Å². The van der Waals surface area contributed by atoms with Gasteiger partial charge < -0.3 is 9.80 Å². The molecule has 0 N–H and O–H groups in total. The summed E-state index contributed by atoms with van der Waals surface area (Å²) in [5.74, 6) is 0.455. The number of carbonyl (C=O) groups is 2. The summed E-state index contributed by atoms with van der Waals surface area (Å²) >= 11 is 1.53. The average Bonchev–Trinajstić information content (AvgIpc) is 3.36. The van der Waals surface area contributed by atoms with Crippen molar-refractivity contribution in [2.75, 3.05) is 17.2 Å². The number of anilines is 1. The quantitative estimate of drug-likeness (QED) is 0.573. The third-order valence-electron chi connectivity index (χ3n) is 6.29. The highest BCUT2D eigenvalue weighted by atomic mass is 32.2. The van der Waals surface area contributed by atoms with E-state index in [9.17, 15) is 14.9 Å². The van der Waals surface area contributed by atoms with Crippen LogP contribution in [0.15, 0.2) is 66.7 Å². The molecule has 2 aliphatic rings. The van der Waals surface area contributed by atoms with Crippen LogP contribution in [0, 0.1) is 25.2 Å². The molecule has 5 nitrogen and oxygen atoms in total. The Kier molecular flexibility index (Phi) is 5.22. The molecule has 0 radical (unpaired) electrons. The minimum atomic E-state index is -1.07. The van der Waals surface area contributed by atoms with E-state index >= 15 is 0 Å². The van der Waals surface area contributed by atoms with Gasteiger partial charge in [-0.15, -0.1) is 11.8 Å². The van der Waals surface area contributed by atoms with E-state index < -0.39 is 4.87 Å². The highest BCUT2D eigenvalue weighted by Gasteiger charge is 2.59. The Balaban J connectivity index is 1.59. The van der Waals surface area contributed by atoms with E-state index in [1.54, 1.807) is 15.9 Å². The number of thioether (sulfide) groups is 1. The molecule has 1 spiro atoms. The van der Waals surface area contributed by atoms with Crippen LogP contribution in [0.3, 0.4) is 0 Å². The molecule has 1 saturated heterocycles. The molecule has 1 unspecified atom stereocenters. The lowest BCUT2D eigenvalue weighted by Gasteiger charge is -2.33. The molecule has 0 saturated carbocycles. The van der Waals surface area contributed by atoms with E-state index in [0.29, 0.717) is 30.0 Å². The Labute approximate surface area is 197 Å². The zero-order valence-corrected chi connectivity index (χ0v) is 19.4. The minimum absolute atomic E-state index is 0.103. The number of nitriles is 1. The maximum atomic E-state index is 14.1. The number of aryl methyl sites for hydroxylation is 2. The Bertz CT molecular complexity index is 1310. The van der Waals surface area contributed by atoms with Crippen LogP contribution in [0.25, 0.3) is 0 Å². The zero-order valence-electron chi connectivity index (χ0n) is 18.5. The van der Waals surface area contributed by atoms with Gasteiger partial charge in [0.1, 0.15) is 0 Å². The van der Waals surface area contributed by atoms with Crippen LogP contribution in [-0.2, 0) is 16.2 Å². The first kappa shape index (κ1) is 21.3. The second kappa shape index (κ2) is 8.09. The van der Waals surface area contributed by atoms with Crippen molar-refractivity contribution in [1.29, 1.82) is 5.26 Å². The number of hydrogen-bond donors (Lipinski definition) is 0. The summed E-state index contributed by atoms with van der Waals surface area (Å²) in [5, 5.41) is 9.27. The number of amides is 2. The summed E-state index contributed by atoms with van der Waals surface area (Å²) in [6.45, 7) is 4.84. The molecule has 3 aromatic rings. The lowest BCUT2D eigenvalue weighted by Crippen LogP contribution is -2.50. The number of carbonyl (C=O) groups excluding carboxylic acids is 2. The molecule has 33 heavy (non-hydrogen) atoms. The van der Waals surface area contributed by atoms with Crippen LogP contribution < -0.4 is 4.90 Å². The van der Waals surface area contributed by atoms with Gasteiger partial charge in [-0.25, -0.2) is 0 Å². The van der Waals surface area contributed by atoms with Gasteiger partial charge in [-0.2, -0.15) is 5.26 Å². The van der Waals surface area contributed by atoms with E-state index in [2.05, 4.69) is 6.07 Å². The van der Waals surface area contributed by atoms with E-state index in [1.807, 2.05) is 74.5 Å². The van der Waals surface area contributed by atoms with E-state index in [1.165, 1.54) is 11.8 Å². The molecule has 3 aromatic carbocycles. The number of fused-ring (bicyclic) bond motifs is 2. The van der Waals surface area contributed by atoms with Crippen LogP contribution in [0.4, 0.5) is 5.69 Å². The molecule has 2 aliphatic heterocycles. The van der Waals surface area contributed by atoms with Gasteiger partial charge in [-0.05, 0) is 49.7 Å². The van der Waals surface area contributed by atoms with Gasteiger partial charge in [0.15, 0.2) is 4.87 Å². The first-order valence-corrected chi connectivity index (χ1v) is 11.9. The zero-order chi connectivity index (χ0) is 23.2. The third kappa shape index (κ3) is 3.40. The van der Waals surface area contributed by atoms with Gasteiger partial charge in [-0.3, -0.25) is 9.59 Å². The molecule has 164 valence electrons. The Morgan fingerprint density at radius 3 is 2.58 bits per heavy atom. The van der Waals surface area contributed by atoms with Crippen molar-refractivity contribution in [2.45, 2.75) is 25.3 Å². The molecular weight excluding hydrogens is 430 g/mol. The minimum Gasteiger partial charge on any atom is -0.311 e. The predicted octanol–water partition coefficient (Wildman–Crippen LogP) is 4.76. The monoisotopic (exact) mass is 453 g/mol. The Morgan fingerprint density at radius 1 is 1.06 bits per heavy atom. The summed E-state index contributed by atoms with van der Waals surface area (Å²) in [7, 11) is 0. The molecule has 1 atom stereocenters. The third-order valence-corrected chi connectivity index (χ3v) is 7.71. The van der Waals surface area contributed by atoms with Gasteiger partial charge in [0, 0.05) is 23.4 Å². The summed E-state index contributed by atoms with van der Waals surface area (Å²) < 4.78 is 0. The molecule has 6 heteroatoms. The largest absolute Gasteiger partial charge is 0.311 e. The lowest BCUT2D eigenvalue weighted by atomic mass is 10.0. The molecule has 2 heterocycles. The van der Waals surface area contributed by atoms with Crippen LogP contribution in [-0.4, -0.2) is 29.0 Å².